The third kappa shape index (κ3) is 3.37. The summed E-state index contributed by atoms with van der Waals surface area (Å²) in [6.07, 6.45) is 8.31. The second kappa shape index (κ2) is 6.97. The second-order valence-corrected chi connectivity index (χ2v) is 8.55. The first-order chi connectivity index (χ1) is 13.4. The zero-order chi connectivity index (χ0) is 19.9. The van der Waals surface area contributed by atoms with Crippen molar-refractivity contribution in [2.24, 2.45) is 5.41 Å². The molecule has 1 aliphatic rings. The van der Waals surface area contributed by atoms with Gasteiger partial charge >= 0.3 is 0 Å². The largest absolute Gasteiger partial charge is 0.334 e. The van der Waals surface area contributed by atoms with Gasteiger partial charge in [-0.25, -0.2) is 0 Å². The molecule has 0 saturated heterocycles. The van der Waals surface area contributed by atoms with Crippen molar-refractivity contribution in [3.05, 3.63) is 52.3 Å². The summed E-state index contributed by atoms with van der Waals surface area (Å²) in [5.41, 5.74) is 7.88. The Morgan fingerprint density at radius 3 is 2.64 bits per heavy atom. The quantitative estimate of drug-likeness (QED) is 0.620. The maximum Gasteiger partial charge on any atom is 0.260 e. The summed E-state index contributed by atoms with van der Waals surface area (Å²) in [6.45, 7) is 8.61. The molecule has 0 unspecified atom stereocenters. The molecule has 2 aromatic heterocycles. The van der Waals surface area contributed by atoms with Crippen molar-refractivity contribution >= 4 is 6.29 Å². The standard InChI is InChI=1S/C23H25N3O2/c1-14-9-16(10-15(2)18(14)6-8-27)21-25-22(28-26-21)20-13-24-12-17-11-23(3,4)7-5-19(17)20/h8-10,12-13H,5-7,11H2,1-4H3. The number of aromatic nitrogens is 3. The van der Waals surface area contributed by atoms with Crippen molar-refractivity contribution < 1.29 is 9.32 Å². The van der Waals surface area contributed by atoms with Gasteiger partial charge in [0.05, 0.1) is 5.56 Å². The van der Waals surface area contributed by atoms with Crippen LogP contribution in [0.25, 0.3) is 22.8 Å². The molecule has 0 amide bonds. The number of fused-ring (bicyclic) bond motifs is 1. The molecule has 0 spiro atoms. The fourth-order valence-electron chi connectivity index (χ4n) is 4.21. The van der Waals surface area contributed by atoms with E-state index in [4.69, 9.17) is 4.52 Å². The van der Waals surface area contributed by atoms with Crippen LogP contribution in [0.1, 0.15) is 48.1 Å². The van der Waals surface area contributed by atoms with Gasteiger partial charge in [0, 0.05) is 24.4 Å². The lowest BCUT2D eigenvalue weighted by molar-refractivity contribution is -0.107. The zero-order valence-electron chi connectivity index (χ0n) is 16.9. The Hall–Kier alpha value is -2.82. The number of pyridine rings is 1. The van der Waals surface area contributed by atoms with E-state index in [9.17, 15) is 4.79 Å². The fraction of sp³-hybridized carbons (Fsp3) is 0.391. The first kappa shape index (κ1) is 18.5. The van der Waals surface area contributed by atoms with Crippen LogP contribution in [0.4, 0.5) is 0 Å². The molecule has 144 valence electrons. The van der Waals surface area contributed by atoms with Crippen LogP contribution in [0.3, 0.4) is 0 Å². The lowest BCUT2D eigenvalue weighted by atomic mass is 9.74. The van der Waals surface area contributed by atoms with Crippen molar-refractivity contribution in [3.63, 3.8) is 0 Å². The van der Waals surface area contributed by atoms with Crippen molar-refractivity contribution in [3.8, 4) is 22.8 Å². The summed E-state index contributed by atoms with van der Waals surface area (Å²) in [4.78, 5) is 20.0. The Balaban J connectivity index is 1.71. The number of aryl methyl sites for hydroxylation is 2. The van der Waals surface area contributed by atoms with Gasteiger partial charge in [-0.15, -0.1) is 0 Å². The average molecular weight is 375 g/mol. The molecule has 4 rings (SSSR count). The number of hydrogen-bond donors (Lipinski definition) is 0. The first-order valence-corrected chi connectivity index (χ1v) is 9.72. The molecule has 1 aliphatic carbocycles. The van der Waals surface area contributed by atoms with Crippen LogP contribution in [0.5, 0.6) is 0 Å². The number of carbonyl (C=O) groups excluding carboxylic acids is 1. The zero-order valence-corrected chi connectivity index (χ0v) is 16.9. The van der Waals surface area contributed by atoms with E-state index in [1.807, 2.05) is 38.4 Å². The summed E-state index contributed by atoms with van der Waals surface area (Å²) >= 11 is 0. The van der Waals surface area contributed by atoms with Gasteiger partial charge in [-0.3, -0.25) is 4.98 Å². The lowest BCUT2D eigenvalue weighted by Crippen LogP contribution is -2.22. The van der Waals surface area contributed by atoms with Gasteiger partial charge < -0.3 is 9.32 Å². The number of nitrogens with zero attached hydrogens (tertiary/aromatic N) is 3. The molecule has 3 aromatic rings. The average Bonchev–Trinajstić information content (AvgIpc) is 3.13. The molecule has 0 N–H and O–H groups in total. The summed E-state index contributed by atoms with van der Waals surface area (Å²) in [6, 6.07) is 4.03. The van der Waals surface area contributed by atoms with Crippen molar-refractivity contribution in [2.75, 3.05) is 0 Å². The molecular formula is C23H25N3O2. The maximum absolute atomic E-state index is 10.9. The van der Waals surface area contributed by atoms with Gasteiger partial charge in [-0.2, -0.15) is 4.98 Å². The van der Waals surface area contributed by atoms with E-state index >= 15 is 0 Å². The summed E-state index contributed by atoms with van der Waals surface area (Å²) < 4.78 is 5.62. The Labute approximate surface area is 165 Å². The van der Waals surface area contributed by atoms with Gasteiger partial charge in [-0.1, -0.05) is 19.0 Å². The molecular weight excluding hydrogens is 350 g/mol. The minimum atomic E-state index is 0.297. The van der Waals surface area contributed by atoms with Gasteiger partial charge in [0.1, 0.15) is 6.29 Å². The van der Waals surface area contributed by atoms with Crippen LogP contribution in [-0.4, -0.2) is 21.4 Å². The van der Waals surface area contributed by atoms with Gasteiger partial charge in [-0.05, 0) is 78.5 Å². The second-order valence-electron chi connectivity index (χ2n) is 8.55. The van der Waals surface area contributed by atoms with Gasteiger partial charge in [0.25, 0.3) is 5.89 Å². The van der Waals surface area contributed by atoms with E-state index in [-0.39, 0.29) is 0 Å². The highest BCUT2D eigenvalue weighted by molar-refractivity contribution is 5.66. The van der Waals surface area contributed by atoms with E-state index in [0.29, 0.717) is 23.6 Å². The summed E-state index contributed by atoms with van der Waals surface area (Å²) in [7, 11) is 0. The van der Waals surface area contributed by atoms with Crippen LogP contribution in [0.2, 0.25) is 0 Å². The topological polar surface area (TPSA) is 68.9 Å². The first-order valence-electron chi connectivity index (χ1n) is 9.72. The highest BCUT2D eigenvalue weighted by Crippen LogP contribution is 2.38. The van der Waals surface area contributed by atoms with E-state index in [1.54, 1.807) is 0 Å². The summed E-state index contributed by atoms with van der Waals surface area (Å²) in [5.74, 6) is 1.08. The van der Waals surface area contributed by atoms with Crippen molar-refractivity contribution in [2.45, 2.75) is 53.4 Å². The van der Waals surface area contributed by atoms with Crippen LogP contribution >= 0.6 is 0 Å². The van der Waals surface area contributed by atoms with E-state index in [1.165, 1.54) is 11.1 Å². The number of benzene rings is 1. The van der Waals surface area contributed by atoms with Crippen molar-refractivity contribution in [1.29, 1.82) is 0 Å². The predicted molar refractivity (Wildman–Crippen MR) is 108 cm³/mol. The van der Waals surface area contributed by atoms with E-state index < -0.39 is 0 Å². The highest BCUT2D eigenvalue weighted by Gasteiger charge is 2.28. The van der Waals surface area contributed by atoms with Gasteiger partial charge in [0.15, 0.2) is 0 Å². The number of carbonyl (C=O) groups is 1. The molecule has 0 saturated carbocycles. The normalized spacial score (nSPS) is 15.3. The number of aldehydes is 1. The lowest BCUT2D eigenvalue weighted by Gasteiger charge is -2.31. The van der Waals surface area contributed by atoms with E-state index in [2.05, 4.69) is 29.0 Å². The maximum atomic E-state index is 10.9. The molecule has 0 fully saturated rings. The smallest absolute Gasteiger partial charge is 0.260 e. The minimum Gasteiger partial charge on any atom is -0.334 e. The van der Waals surface area contributed by atoms with Gasteiger partial charge in [0.2, 0.25) is 5.82 Å². The SMILES string of the molecule is Cc1cc(-c2noc(-c3cncc4c3CCC(C)(C)C4)n2)cc(C)c1CC=O. The molecule has 0 aliphatic heterocycles. The summed E-state index contributed by atoms with van der Waals surface area (Å²) in [5, 5.41) is 4.21. The molecule has 5 heteroatoms. The highest BCUT2D eigenvalue weighted by atomic mass is 16.5. The molecule has 0 radical (unpaired) electrons. The van der Waals surface area contributed by atoms with Crippen LogP contribution in [0, 0.1) is 19.3 Å². The Kier molecular flexibility index (Phi) is 4.61. The molecule has 28 heavy (non-hydrogen) atoms. The third-order valence-corrected chi connectivity index (χ3v) is 5.77. The molecule has 0 bridgehead atoms. The Morgan fingerprint density at radius 2 is 1.93 bits per heavy atom. The Bertz CT molecular complexity index is 1030. The van der Waals surface area contributed by atoms with Crippen molar-refractivity contribution in [1.82, 2.24) is 15.1 Å². The van der Waals surface area contributed by atoms with Crippen LogP contribution < -0.4 is 0 Å². The predicted octanol–water partition coefficient (Wildman–Crippen LogP) is 4.67. The minimum absolute atomic E-state index is 0.297. The molecule has 1 aromatic carbocycles. The fourth-order valence-corrected chi connectivity index (χ4v) is 4.21. The monoisotopic (exact) mass is 375 g/mol. The number of hydrogen-bond acceptors (Lipinski definition) is 5. The molecule has 2 heterocycles. The molecule has 0 atom stereocenters. The van der Waals surface area contributed by atoms with Crippen LogP contribution in [0.15, 0.2) is 29.0 Å². The number of rotatable bonds is 4. The Morgan fingerprint density at radius 1 is 1.18 bits per heavy atom. The third-order valence-electron chi connectivity index (χ3n) is 5.77. The molecule has 5 nitrogen and oxygen atoms in total. The van der Waals surface area contributed by atoms with Crippen LogP contribution in [-0.2, 0) is 24.1 Å². The van der Waals surface area contributed by atoms with E-state index in [0.717, 1.165) is 53.4 Å².